The Morgan fingerprint density at radius 1 is 1.08 bits per heavy atom. The molecule has 142 valence electrons. The molecule has 0 aromatic heterocycles. The lowest BCUT2D eigenvalue weighted by Gasteiger charge is -2.20. The first-order chi connectivity index (χ1) is 12.1. The largest absolute Gasteiger partial charge is 0.379 e. The number of nitrogens with one attached hydrogen (secondary N) is 2. The molecule has 0 radical (unpaired) electrons. The van der Waals surface area contributed by atoms with Gasteiger partial charge in [0.15, 0.2) is 5.96 Å². The van der Waals surface area contributed by atoms with Crippen molar-refractivity contribution in [3.8, 4) is 0 Å². The van der Waals surface area contributed by atoms with Gasteiger partial charge in [-0.05, 0) is 37.8 Å². The summed E-state index contributed by atoms with van der Waals surface area (Å²) in [4.78, 5) is 4.70. The highest BCUT2D eigenvalue weighted by atomic mass is 16.5. The van der Waals surface area contributed by atoms with Crippen molar-refractivity contribution in [2.45, 2.75) is 53.8 Å². The molecular formula is C20H35N3O2. The summed E-state index contributed by atoms with van der Waals surface area (Å²) in [7, 11) is 0. The van der Waals surface area contributed by atoms with Gasteiger partial charge in [0.25, 0.3) is 0 Å². The van der Waals surface area contributed by atoms with Gasteiger partial charge in [-0.1, -0.05) is 38.1 Å². The van der Waals surface area contributed by atoms with Crippen LogP contribution < -0.4 is 10.6 Å². The summed E-state index contributed by atoms with van der Waals surface area (Å²) in [5.74, 6) is 1.42. The van der Waals surface area contributed by atoms with E-state index in [4.69, 9.17) is 14.5 Å². The summed E-state index contributed by atoms with van der Waals surface area (Å²) in [6.07, 6.45) is 0. The normalized spacial score (nSPS) is 13.1. The molecule has 0 heterocycles. The van der Waals surface area contributed by atoms with Gasteiger partial charge < -0.3 is 20.1 Å². The van der Waals surface area contributed by atoms with Gasteiger partial charge in [0.05, 0.1) is 26.4 Å². The zero-order valence-corrected chi connectivity index (χ0v) is 16.5. The van der Waals surface area contributed by atoms with Gasteiger partial charge >= 0.3 is 0 Å². The number of rotatable bonds is 11. The molecule has 1 atom stereocenters. The zero-order valence-electron chi connectivity index (χ0n) is 16.5. The van der Waals surface area contributed by atoms with Crippen LogP contribution >= 0.6 is 0 Å². The topological polar surface area (TPSA) is 54.9 Å². The Morgan fingerprint density at radius 2 is 1.80 bits per heavy atom. The molecule has 1 unspecified atom stereocenters. The van der Waals surface area contributed by atoms with Crippen LogP contribution in [0, 0.1) is 5.92 Å². The van der Waals surface area contributed by atoms with Crippen LogP contribution in [0.4, 0.5) is 0 Å². The van der Waals surface area contributed by atoms with Crippen molar-refractivity contribution in [3.63, 3.8) is 0 Å². The van der Waals surface area contributed by atoms with Crippen LogP contribution in [0.15, 0.2) is 29.3 Å². The average Bonchev–Trinajstić information content (AvgIpc) is 2.60. The van der Waals surface area contributed by atoms with Crippen LogP contribution in [-0.2, 0) is 22.6 Å². The van der Waals surface area contributed by atoms with Crippen molar-refractivity contribution >= 4 is 5.96 Å². The average molecular weight is 350 g/mol. The Labute approximate surface area is 153 Å². The van der Waals surface area contributed by atoms with Crippen molar-refractivity contribution in [2.24, 2.45) is 10.9 Å². The summed E-state index contributed by atoms with van der Waals surface area (Å²) in [5.41, 5.74) is 2.35. The van der Waals surface area contributed by atoms with Crippen molar-refractivity contribution in [3.05, 3.63) is 35.4 Å². The first kappa shape index (κ1) is 21.5. The molecule has 1 rings (SSSR count). The maximum Gasteiger partial charge on any atom is 0.191 e. The van der Waals surface area contributed by atoms with Crippen LogP contribution in [0.5, 0.6) is 0 Å². The lowest BCUT2D eigenvalue weighted by molar-refractivity contribution is 0.0453. The standard InChI is InChI=1S/C20H35N3O2/c1-6-21-20(23-17(5)16(3)4)22-14-18-9-8-10-19(13-18)15-25-12-11-24-7-2/h8-10,13,16-17H,6-7,11-12,14-15H2,1-5H3,(H2,21,22,23). The zero-order chi connectivity index (χ0) is 18.5. The minimum Gasteiger partial charge on any atom is -0.379 e. The monoisotopic (exact) mass is 349 g/mol. The highest BCUT2D eigenvalue weighted by Crippen LogP contribution is 2.08. The first-order valence-corrected chi connectivity index (χ1v) is 9.34. The van der Waals surface area contributed by atoms with E-state index in [1.165, 1.54) is 5.56 Å². The van der Waals surface area contributed by atoms with E-state index in [2.05, 4.69) is 62.6 Å². The van der Waals surface area contributed by atoms with Gasteiger partial charge in [-0.3, -0.25) is 0 Å². The van der Waals surface area contributed by atoms with Crippen molar-refractivity contribution in [1.29, 1.82) is 0 Å². The van der Waals surface area contributed by atoms with E-state index >= 15 is 0 Å². The molecule has 0 aliphatic carbocycles. The molecule has 0 fully saturated rings. The Morgan fingerprint density at radius 3 is 2.48 bits per heavy atom. The first-order valence-electron chi connectivity index (χ1n) is 9.34. The summed E-state index contributed by atoms with van der Waals surface area (Å²) in [6, 6.07) is 8.77. The molecule has 0 spiro atoms. The SMILES string of the molecule is CCNC(=NCc1cccc(COCCOCC)c1)NC(C)C(C)C. The van der Waals surface area contributed by atoms with Crippen molar-refractivity contribution < 1.29 is 9.47 Å². The Hall–Kier alpha value is -1.59. The maximum absolute atomic E-state index is 5.63. The van der Waals surface area contributed by atoms with Gasteiger partial charge in [0.1, 0.15) is 0 Å². The highest BCUT2D eigenvalue weighted by Gasteiger charge is 2.08. The van der Waals surface area contributed by atoms with Gasteiger partial charge in [-0.15, -0.1) is 0 Å². The van der Waals surface area contributed by atoms with Crippen LogP contribution in [0.1, 0.15) is 45.7 Å². The molecule has 0 saturated carbocycles. The molecular weight excluding hydrogens is 314 g/mol. The number of ether oxygens (including phenoxy) is 2. The Bertz CT molecular complexity index is 503. The molecule has 2 N–H and O–H groups in total. The fraction of sp³-hybridized carbons (Fsp3) is 0.650. The summed E-state index contributed by atoms with van der Waals surface area (Å²) >= 11 is 0. The molecule has 0 bridgehead atoms. The molecule has 1 aromatic rings. The van der Waals surface area contributed by atoms with Crippen LogP contribution in [0.2, 0.25) is 0 Å². The van der Waals surface area contributed by atoms with E-state index in [9.17, 15) is 0 Å². The van der Waals surface area contributed by atoms with Crippen LogP contribution in [0.25, 0.3) is 0 Å². The number of hydrogen-bond donors (Lipinski definition) is 2. The lowest BCUT2D eigenvalue weighted by atomic mass is 10.1. The van der Waals surface area contributed by atoms with Gasteiger partial charge in [0.2, 0.25) is 0 Å². The molecule has 0 aliphatic rings. The summed E-state index contributed by atoms with van der Waals surface area (Å²) < 4.78 is 10.9. The molecule has 5 nitrogen and oxygen atoms in total. The number of nitrogens with zero attached hydrogens (tertiary/aromatic N) is 1. The van der Waals surface area contributed by atoms with E-state index in [0.717, 1.165) is 24.7 Å². The fourth-order valence-electron chi connectivity index (χ4n) is 2.14. The lowest BCUT2D eigenvalue weighted by Crippen LogP contribution is -2.44. The molecule has 1 aromatic carbocycles. The highest BCUT2D eigenvalue weighted by molar-refractivity contribution is 5.80. The van der Waals surface area contributed by atoms with E-state index in [-0.39, 0.29) is 0 Å². The van der Waals surface area contributed by atoms with Crippen LogP contribution in [-0.4, -0.2) is 38.4 Å². The van der Waals surface area contributed by atoms with E-state index in [1.807, 2.05) is 6.92 Å². The predicted molar refractivity (Wildman–Crippen MR) is 105 cm³/mol. The quantitative estimate of drug-likeness (QED) is 0.365. The molecule has 25 heavy (non-hydrogen) atoms. The number of guanidine groups is 1. The van der Waals surface area contributed by atoms with Gasteiger partial charge in [-0.2, -0.15) is 0 Å². The number of hydrogen-bond acceptors (Lipinski definition) is 3. The third kappa shape index (κ3) is 9.46. The third-order valence-electron chi connectivity index (χ3n) is 3.96. The second kappa shape index (κ2) is 12.7. The van der Waals surface area contributed by atoms with Gasteiger partial charge in [0, 0.05) is 19.2 Å². The minimum atomic E-state index is 0.378. The van der Waals surface area contributed by atoms with Crippen molar-refractivity contribution in [2.75, 3.05) is 26.4 Å². The predicted octanol–water partition coefficient (Wildman–Crippen LogP) is 3.34. The molecule has 0 saturated heterocycles. The number of benzene rings is 1. The van der Waals surface area contributed by atoms with E-state index < -0.39 is 0 Å². The second-order valence-corrected chi connectivity index (χ2v) is 6.44. The smallest absolute Gasteiger partial charge is 0.191 e. The summed E-state index contributed by atoms with van der Waals surface area (Å²) in [5, 5.41) is 6.76. The summed E-state index contributed by atoms with van der Waals surface area (Å²) in [6.45, 7) is 14.8. The Kier molecular flexibility index (Phi) is 10.9. The Balaban J connectivity index is 2.56. The van der Waals surface area contributed by atoms with E-state index in [1.54, 1.807) is 0 Å². The van der Waals surface area contributed by atoms with Crippen LogP contribution in [0.3, 0.4) is 0 Å². The molecule has 0 amide bonds. The van der Waals surface area contributed by atoms with E-state index in [0.29, 0.717) is 38.3 Å². The second-order valence-electron chi connectivity index (χ2n) is 6.44. The molecule has 0 aliphatic heterocycles. The maximum atomic E-state index is 5.63. The molecule has 5 heteroatoms. The fourth-order valence-corrected chi connectivity index (χ4v) is 2.14. The van der Waals surface area contributed by atoms with Crippen molar-refractivity contribution in [1.82, 2.24) is 10.6 Å². The minimum absolute atomic E-state index is 0.378. The van der Waals surface area contributed by atoms with Gasteiger partial charge in [-0.25, -0.2) is 4.99 Å². The number of aliphatic imine (C=N–C) groups is 1. The third-order valence-corrected chi connectivity index (χ3v) is 3.96.